The Hall–Kier alpha value is -3.40. The van der Waals surface area contributed by atoms with Crippen molar-refractivity contribution in [2.45, 2.75) is 6.18 Å². The molecular weight excluding hydrogens is 397 g/mol. The van der Waals surface area contributed by atoms with Gasteiger partial charge in [-0.1, -0.05) is 6.07 Å². The van der Waals surface area contributed by atoms with Crippen LogP contribution < -0.4 is 10.1 Å². The number of rotatable bonds is 5. The summed E-state index contributed by atoms with van der Waals surface area (Å²) >= 11 is 1.28. The topological polar surface area (TPSA) is 81.5 Å². The van der Waals surface area contributed by atoms with Crippen molar-refractivity contribution < 1.29 is 27.6 Å². The third-order valence-corrected chi connectivity index (χ3v) is 4.44. The number of nitrogens with zero attached hydrogens (tertiary/aromatic N) is 1. The minimum Gasteiger partial charge on any atom is -0.450 e. The molecule has 0 bridgehead atoms. The number of halogens is 3. The number of benzene rings is 2. The lowest BCUT2D eigenvalue weighted by molar-refractivity contribution is -0.385. The van der Waals surface area contributed by atoms with Gasteiger partial charge in [-0.2, -0.15) is 13.2 Å². The molecular formula is C18H11F3N2O4S. The number of amides is 1. The number of carbonyl (C=O) groups excluding carboxylic acids is 1. The van der Waals surface area contributed by atoms with Gasteiger partial charge in [0.25, 0.3) is 5.91 Å². The lowest BCUT2D eigenvalue weighted by Gasteiger charge is -2.10. The molecule has 0 fully saturated rings. The van der Waals surface area contributed by atoms with Gasteiger partial charge in [0, 0.05) is 11.8 Å². The Morgan fingerprint density at radius 2 is 1.82 bits per heavy atom. The van der Waals surface area contributed by atoms with Gasteiger partial charge in [-0.3, -0.25) is 14.9 Å². The highest BCUT2D eigenvalue weighted by Gasteiger charge is 2.33. The van der Waals surface area contributed by atoms with Crippen LogP contribution in [0, 0.1) is 10.1 Å². The number of thiophene rings is 1. The average molecular weight is 408 g/mol. The molecule has 144 valence electrons. The Bertz CT molecular complexity index is 1000. The molecule has 0 saturated heterocycles. The Labute approximate surface area is 160 Å². The highest BCUT2D eigenvalue weighted by atomic mass is 32.1. The average Bonchev–Trinajstić information content (AvgIpc) is 3.17. The third kappa shape index (κ3) is 4.46. The first-order valence-electron chi connectivity index (χ1n) is 7.72. The number of hydrogen-bond acceptors (Lipinski definition) is 5. The second-order valence-electron chi connectivity index (χ2n) is 5.50. The van der Waals surface area contributed by atoms with E-state index in [1.807, 2.05) is 0 Å². The maximum absolute atomic E-state index is 12.7. The van der Waals surface area contributed by atoms with Crippen LogP contribution in [0.2, 0.25) is 0 Å². The molecule has 1 heterocycles. The van der Waals surface area contributed by atoms with E-state index in [2.05, 4.69) is 5.32 Å². The van der Waals surface area contributed by atoms with Gasteiger partial charge in [-0.15, -0.1) is 11.3 Å². The predicted molar refractivity (Wildman–Crippen MR) is 96.9 cm³/mol. The van der Waals surface area contributed by atoms with E-state index in [1.165, 1.54) is 35.6 Å². The van der Waals surface area contributed by atoms with E-state index >= 15 is 0 Å². The quantitative estimate of drug-likeness (QED) is 0.432. The fourth-order valence-electron chi connectivity index (χ4n) is 2.26. The van der Waals surface area contributed by atoms with Crippen LogP contribution >= 0.6 is 11.3 Å². The van der Waals surface area contributed by atoms with Crippen LogP contribution in [0.15, 0.2) is 60.0 Å². The first-order chi connectivity index (χ1) is 13.2. The van der Waals surface area contributed by atoms with Crippen LogP contribution in [0.25, 0.3) is 0 Å². The molecule has 0 aliphatic rings. The summed E-state index contributed by atoms with van der Waals surface area (Å²) in [5.74, 6) is -0.451. The van der Waals surface area contributed by atoms with Crippen molar-refractivity contribution in [2.24, 2.45) is 0 Å². The smallest absolute Gasteiger partial charge is 0.416 e. The number of alkyl halides is 3. The molecule has 0 spiro atoms. The van der Waals surface area contributed by atoms with Crippen molar-refractivity contribution in [3.63, 3.8) is 0 Å². The summed E-state index contributed by atoms with van der Waals surface area (Å²) in [5, 5.41) is 15.5. The largest absolute Gasteiger partial charge is 0.450 e. The highest BCUT2D eigenvalue weighted by Crippen LogP contribution is 2.37. The zero-order valence-electron chi connectivity index (χ0n) is 13.9. The zero-order valence-corrected chi connectivity index (χ0v) is 14.7. The Kier molecular flexibility index (Phi) is 5.32. The molecule has 10 heteroatoms. The normalized spacial score (nSPS) is 11.1. The van der Waals surface area contributed by atoms with E-state index in [9.17, 15) is 28.1 Å². The van der Waals surface area contributed by atoms with Crippen LogP contribution in [0.1, 0.15) is 15.2 Å². The standard InChI is InChI=1S/C18H11F3N2O4S/c19-18(20,21)11-3-8-15(14(10-11)23(25)26)27-13-6-4-12(5-7-13)22-17(24)16-2-1-9-28-16/h1-10H,(H,22,24). The molecule has 1 aromatic heterocycles. The number of carbonyl (C=O) groups is 1. The van der Waals surface area contributed by atoms with Crippen molar-refractivity contribution in [2.75, 3.05) is 5.32 Å². The van der Waals surface area contributed by atoms with E-state index in [-0.39, 0.29) is 17.4 Å². The summed E-state index contributed by atoms with van der Waals surface area (Å²) in [4.78, 5) is 22.7. The second-order valence-corrected chi connectivity index (χ2v) is 6.44. The summed E-state index contributed by atoms with van der Waals surface area (Å²) in [6.07, 6.45) is -4.70. The van der Waals surface area contributed by atoms with Crippen molar-refractivity contribution in [1.29, 1.82) is 0 Å². The van der Waals surface area contributed by atoms with E-state index < -0.39 is 22.4 Å². The zero-order chi connectivity index (χ0) is 20.3. The van der Waals surface area contributed by atoms with Gasteiger partial charge in [0.15, 0.2) is 0 Å². The van der Waals surface area contributed by atoms with Crippen molar-refractivity contribution in [1.82, 2.24) is 0 Å². The van der Waals surface area contributed by atoms with E-state index in [0.29, 0.717) is 22.7 Å². The summed E-state index contributed by atoms with van der Waals surface area (Å²) in [6.45, 7) is 0. The predicted octanol–water partition coefficient (Wildman–Crippen LogP) is 5.72. The number of hydrogen-bond donors (Lipinski definition) is 1. The van der Waals surface area contributed by atoms with Crippen molar-refractivity contribution in [3.05, 3.63) is 80.5 Å². The lowest BCUT2D eigenvalue weighted by atomic mass is 10.2. The SMILES string of the molecule is O=C(Nc1ccc(Oc2ccc(C(F)(F)F)cc2[N+](=O)[O-])cc1)c1cccs1. The summed E-state index contributed by atoms with van der Waals surface area (Å²) < 4.78 is 43.6. The molecule has 0 saturated carbocycles. The van der Waals surface area contributed by atoms with Gasteiger partial charge < -0.3 is 10.1 Å². The maximum atomic E-state index is 12.7. The number of anilines is 1. The second kappa shape index (κ2) is 7.69. The van der Waals surface area contributed by atoms with E-state index in [1.54, 1.807) is 17.5 Å². The van der Waals surface area contributed by atoms with Gasteiger partial charge >= 0.3 is 11.9 Å². The first-order valence-corrected chi connectivity index (χ1v) is 8.60. The van der Waals surface area contributed by atoms with Crippen LogP contribution in [-0.4, -0.2) is 10.8 Å². The van der Waals surface area contributed by atoms with Gasteiger partial charge in [0.2, 0.25) is 5.75 Å². The third-order valence-electron chi connectivity index (χ3n) is 3.57. The van der Waals surface area contributed by atoms with E-state index in [0.717, 1.165) is 6.07 Å². The minimum atomic E-state index is -4.70. The molecule has 0 unspecified atom stereocenters. The molecule has 0 radical (unpaired) electrons. The molecule has 0 aliphatic heterocycles. The first kappa shape index (κ1) is 19.4. The van der Waals surface area contributed by atoms with Crippen LogP contribution in [0.4, 0.5) is 24.5 Å². The minimum absolute atomic E-state index is 0.164. The number of nitrogens with one attached hydrogen (secondary N) is 1. The molecule has 3 aromatic rings. The number of nitro groups is 1. The molecule has 3 rings (SSSR count). The lowest BCUT2D eigenvalue weighted by Crippen LogP contribution is -2.09. The number of ether oxygens (including phenoxy) is 1. The van der Waals surface area contributed by atoms with Crippen LogP contribution in [0.3, 0.4) is 0 Å². The van der Waals surface area contributed by atoms with Gasteiger partial charge in [-0.25, -0.2) is 0 Å². The fraction of sp³-hybridized carbons (Fsp3) is 0.0556. The van der Waals surface area contributed by atoms with Gasteiger partial charge in [0.05, 0.1) is 15.4 Å². The monoisotopic (exact) mass is 408 g/mol. The maximum Gasteiger partial charge on any atom is 0.416 e. The fourth-order valence-corrected chi connectivity index (χ4v) is 2.88. The summed E-state index contributed by atoms with van der Waals surface area (Å²) in [5.41, 5.74) is -1.48. The van der Waals surface area contributed by atoms with Gasteiger partial charge in [0.1, 0.15) is 5.75 Å². The van der Waals surface area contributed by atoms with Crippen LogP contribution in [-0.2, 0) is 6.18 Å². The molecule has 0 atom stereocenters. The summed E-state index contributed by atoms with van der Waals surface area (Å²) in [6, 6.07) is 11.3. The molecule has 1 N–H and O–H groups in total. The van der Waals surface area contributed by atoms with E-state index in [4.69, 9.17) is 4.74 Å². The molecule has 2 aromatic carbocycles. The molecule has 1 amide bonds. The highest BCUT2D eigenvalue weighted by molar-refractivity contribution is 7.12. The van der Waals surface area contributed by atoms with Crippen molar-refractivity contribution in [3.8, 4) is 11.5 Å². The molecule has 6 nitrogen and oxygen atoms in total. The van der Waals surface area contributed by atoms with Gasteiger partial charge in [-0.05, 0) is 47.8 Å². The Morgan fingerprint density at radius 1 is 1.11 bits per heavy atom. The summed E-state index contributed by atoms with van der Waals surface area (Å²) in [7, 11) is 0. The number of nitro benzene ring substituents is 1. The Balaban J connectivity index is 1.77. The molecule has 0 aliphatic carbocycles. The van der Waals surface area contributed by atoms with Crippen LogP contribution in [0.5, 0.6) is 11.5 Å². The Morgan fingerprint density at radius 3 is 2.39 bits per heavy atom. The van der Waals surface area contributed by atoms with Crippen molar-refractivity contribution >= 4 is 28.6 Å². The molecule has 28 heavy (non-hydrogen) atoms.